The van der Waals surface area contributed by atoms with Crippen LogP contribution in [0.15, 0.2) is 18.3 Å². The first-order valence-electron chi connectivity index (χ1n) is 5.79. The van der Waals surface area contributed by atoms with Gasteiger partial charge in [0, 0.05) is 18.2 Å². The Morgan fingerprint density at radius 2 is 2.18 bits per heavy atom. The smallest absolute Gasteiger partial charge is 0.363 e. The Kier molecular flexibility index (Phi) is 3.53. The summed E-state index contributed by atoms with van der Waals surface area (Å²) in [6, 6.07) is 3.47. The summed E-state index contributed by atoms with van der Waals surface area (Å²) >= 11 is 0. The quantitative estimate of drug-likeness (QED) is 0.615. The van der Waals surface area contributed by atoms with E-state index in [0.29, 0.717) is 0 Å². The van der Waals surface area contributed by atoms with Gasteiger partial charge in [-0.25, -0.2) is 0 Å². The minimum atomic E-state index is -0.504. The maximum atomic E-state index is 10.5. The van der Waals surface area contributed by atoms with Crippen molar-refractivity contribution in [1.82, 2.24) is 4.98 Å². The molecule has 1 heterocycles. The van der Waals surface area contributed by atoms with Crippen molar-refractivity contribution in [2.45, 2.75) is 37.8 Å². The number of nitrogens with zero attached hydrogens (tertiary/aromatic N) is 2. The number of hydrogen-bond donors (Lipinski definition) is 2. The second kappa shape index (κ2) is 5.09. The lowest BCUT2D eigenvalue weighted by atomic mass is 9.91. The molecule has 6 heteroatoms. The Hall–Kier alpha value is -1.69. The van der Waals surface area contributed by atoms with Crippen molar-refractivity contribution >= 4 is 11.5 Å². The van der Waals surface area contributed by atoms with Crippen molar-refractivity contribution in [2.75, 3.05) is 5.32 Å². The standard InChI is InChI=1S/C11H16N4O2/c12-9-3-1-2-4-10(9)14-8-5-6-11(13-7-8)15(16)17/h5-7,9-10,14H,1-4,12H2. The molecule has 2 atom stereocenters. The van der Waals surface area contributed by atoms with E-state index in [1.54, 1.807) is 6.07 Å². The van der Waals surface area contributed by atoms with Gasteiger partial charge in [-0.05, 0) is 28.8 Å². The second-order valence-electron chi connectivity index (χ2n) is 4.36. The summed E-state index contributed by atoms with van der Waals surface area (Å²) in [5.41, 5.74) is 6.80. The summed E-state index contributed by atoms with van der Waals surface area (Å²) < 4.78 is 0. The van der Waals surface area contributed by atoms with Gasteiger partial charge in [-0.15, -0.1) is 0 Å². The molecule has 92 valence electrons. The molecule has 1 saturated carbocycles. The minimum Gasteiger partial charge on any atom is -0.378 e. The van der Waals surface area contributed by atoms with E-state index >= 15 is 0 Å². The molecule has 2 unspecified atom stereocenters. The van der Waals surface area contributed by atoms with Crippen LogP contribution in [0.3, 0.4) is 0 Å². The largest absolute Gasteiger partial charge is 0.378 e. The molecule has 0 radical (unpaired) electrons. The molecule has 0 amide bonds. The molecular weight excluding hydrogens is 220 g/mol. The SMILES string of the molecule is NC1CCCCC1Nc1ccc([N+](=O)[O-])nc1. The van der Waals surface area contributed by atoms with E-state index in [1.807, 2.05) is 0 Å². The van der Waals surface area contributed by atoms with Crippen molar-refractivity contribution in [1.29, 1.82) is 0 Å². The van der Waals surface area contributed by atoms with Crippen LogP contribution in [-0.2, 0) is 0 Å². The maximum Gasteiger partial charge on any atom is 0.363 e. The van der Waals surface area contributed by atoms with Crippen molar-refractivity contribution < 1.29 is 4.92 Å². The summed E-state index contributed by atoms with van der Waals surface area (Å²) in [4.78, 5) is 13.7. The highest BCUT2D eigenvalue weighted by molar-refractivity contribution is 5.44. The zero-order chi connectivity index (χ0) is 12.3. The number of hydrogen-bond acceptors (Lipinski definition) is 5. The average Bonchev–Trinajstić information content (AvgIpc) is 2.33. The first-order valence-corrected chi connectivity index (χ1v) is 5.79. The van der Waals surface area contributed by atoms with Gasteiger partial charge in [0.15, 0.2) is 6.20 Å². The molecule has 1 aromatic rings. The fourth-order valence-electron chi connectivity index (χ4n) is 2.13. The maximum absolute atomic E-state index is 10.5. The van der Waals surface area contributed by atoms with Gasteiger partial charge < -0.3 is 21.2 Å². The van der Waals surface area contributed by atoms with Crippen molar-refractivity contribution in [3.8, 4) is 0 Å². The summed E-state index contributed by atoms with van der Waals surface area (Å²) in [7, 11) is 0. The van der Waals surface area contributed by atoms with Gasteiger partial charge in [0.25, 0.3) is 0 Å². The van der Waals surface area contributed by atoms with E-state index in [-0.39, 0.29) is 17.9 Å². The Morgan fingerprint density at radius 3 is 2.76 bits per heavy atom. The third-order valence-electron chi connectivity index (χ3n) is 3.11. The molecule has 1 fully saturated rings. The topological polar surface area (TPSA) is 94.1 Å². The van der Waals surface area contributed by atoms with Gasteiger partial charge >= 0.3 is 5.82 Å². The van der Waals surface area contributed by atoms with Crippen LogP contribution >= 0.6 is 0 Å². The van der Waals surface area contributed by atoms with Crippen LogP contribution in [0.2, 0.25) is 0 Å². The highest BCUT2D eigenvalue weighted by atomic mass is 16.6. The summed E-state index contributed by atoms with van der Waals surface area (Å²) in [6.45, 7) is 0. The summed E-state index contributed by atoms with van der Waals surface area (Å²) in [5, 5.41) is 13.7. The number of nitrogens with two attached hydrogens (primary N) is 1. The molecule has 0 aliphatic heterocycles. The fraction of sp³-hybridized carbons (Fsp3) is 0.545. The predicted octanol–water partition coefficient (Wildman–Crippen LogP) is 1.67. The third-order valence-corrected chi connectivity index (χ3v) is 3.11. The number of nitro groups is 1. The van der Waals surface area contributed by atoms with Crippen LogP contribution in [-0.4, -0.2) is 22.0 Å². The fourth-order valence-corrected chi connectivity index (χ4v) is 2.13. The highest BCUT2D eigenvalue weighted by Gasteiger charge is 2.21. The number of pyridine rings is 1. The molecule has 6 nitrogen and oxygen atoms in total. The predicted molar refractivity (Wildman–Crippen MR) is 64.7 cm³/mol. The molecule has 1 aliphatic rings. The first-order chi connectivity index (χ1) is 8.16. The molecule has 0 spiro atoms. The number of anilines is 1. The van der Waals surface area contributed by atoms with E-state index < -0.39 is 4.92 Å². The van der Waals surface area contributed by atoms with Crippen molar-refractivity contribution in [3.63, 3.8) is 0 Å². The average molecular weight is 236 g/mol. The van der Waals surface area contributed by atoms with Crippen LogP contribution in [0.25, 0.3) is 0 Å². The Labute approximate surface area is 99.4 Å². The number of rotatable bonds is 3. The zero-order valence-corrected chi connectivity index (χ0v) is 9.50. The molecule has 2 rings (SSSR count). The minimum absolute atomic E-state index is 0.136. The van der Waals surface area contributed by atoms with E-state index in [0.717, 1.165) is 18.5 Å². The molecule has 0 aromatic carbocycles. The number of aromatic nitrogens is 1. The van der Waals surface area contributed by atoms with E-state index in [9.17, 15) is 10.1 Å². The van der Waals surface area contributed by atoms with E-state index in [1.165, 1.54) is 25.1 Å². The van der Waals surface area contributed by atoms with Crippen LogP contribution in [0.4, 0.5) is 11.5 Å². The summed E-state index contributed by atoms with van der Waals surface area (Å²) in [5.74, 6) is -0.136. The monoisotopic (exact) mass is 236 g/mol. The highest BCUT2D eigenvalue weighted by Crippen LogP contribution is 2.21. The summed E-state index contributed by atoms with van der Waals surface area (Å²) in [6.07, 6.45) is 5.90. The van der Waals surface area contributed by atoms with Gasteiger partial charge in [0.2, 0.25) is 0 Å². The molecular formula is C11H16N4O2. The van der Waals surface area contributed by atoms with Crippen molar-refractivity contribution in [3.05, 3.63) is 28.4 Å². The van der Waals surface area contributed by atoms with Gasteiger partial charge in [-0.1, -0.05) is 12.8 Å². The van der Waals surface area contributed by atoms with Gasteiger partial charge in [0.1, 0.15) is 0 Å². The Morgan fingerprint density at radius 1 is 1.41 bits per heavy atom. The van der Waals surface area contributed by atoms with E-state index in [4.69, 9.17) is 5.73 Å². The van der Waals surface area contributed by atoms with Gasteiger partial charge in [-0.3, -0.25) is 0 Å². The van der Waals surface area contributed by atoms with Gasteiger partial charge in [0.05, 0.1) is 5.69 Å². The van der Waals surface area contributed by atoms with Gasteiger partial charge in [-0.2, -0.15) is 0 Å². The lowest BCUT2D eigenvalue weighted by Crippen LogP contribution is -2.42. The van der Waals surface area contributed by atoms with Crippen molar-refractivity contribution in [2.24, 2.45) is 5.73 Å². The molecule has 3 N–H and O–H groups in total. The van der Waals surface area contributed by atoms with Crippen LogP contribution < -0.4 is 11.1 Å². The van der Waals surface area contributed by atoms with Crippen LogP contribution in [0.1, 0.15) is 25.7 Å². The lowest BCUT2D eigenvalue weighted by Gasteiger charge is -2.29. The molecule has 0 bridgehead atoms. The second-order valence-corrected chi connectivity index (χ2v) is 4.36. The zero-order valence-electron chi connectivity index (χ0n) is 9.50. The molecule has 0 saturated heterocycles. The molecule has 17 heavy (non-hydrogen) atoms. The Balaban J connectivity index is 2.00. The number of nitrogens with one attached hydrogen (secondary N) is 1. The third kappa shape index (κ3) is 2.91. The lowest BCUT2D eigenvalue weighted by molar-refractivity contribution is -0.389. The van der Waals surface area contributed by atoms with E-state index in [2.05, 4.69) is 10.3 Å². The molecule has 1 aliphatic carbocycles. The van der Waals surface area contributed by atoms with Crippen LogP contribution in [0.5, 0.6) is 0 Å². The normalized spacial score (nSPS) is 24.3. The first kappa shape index (κ1) is 11.8. The Bertz CT molecular complexity index is 393. The van der Waals surface area contributed by atoms with Crippen LogP contribution in [0, 0.1) is 10.1 Å². The molecule has 1 aromatic heterocycles.